The molecule has 2 aromatic rings. The van der Waals surface area contributed by atoms with E-state index in [-0.39, 0.29) is 0 Å². The van der Waals surface area contributed by atoms with Crippen LogP contribution in [0.25, 0.3) is 4.85 Å². The third-order valence-corrected chi connectivity index (χ3v) is 4.94. The zero-order valence-corrected chi connectivity index (χ0v) is 16.6. The molecule has 2 aromatic heterocycles. The molecule has 1 N–H and O–H groups in total. The van der Waals surface area contributed by atoms with Crippen molar-refractivity contribution >= 4 is 23.2 Å². The minimum absolute atomic E-state index is 0.373. The summed E-state index contributed by atoms with van der Waals surface area (Å²) in [5.41, 5.74) is -0.0568. The van der Waals surface area contributed by atoms with Crippen molar-refractivity contribution in [2.24, 2.45) is 5.92 Å². The van der Waals surface area contributed by atoms with E-state index in [1.807, 2.05) is 0 Å². The van der Waals surface area contributed by atoms with E-state index in [4.69, 9.17) is 22.9 Å². The molecule has 0 radical (unpaired) electrons. The smallest absolute Gasteiger partial charge is 0.319 e. The number of likely N-dealkylation sites (tertiary alicyclic amines) is 1. The predicted molar refractivity (Wildman–Crippen MR) is 104 cm³/mol. The highest BCUT2D eigenvalue weighted by Crippen LogP contribution is 2.26. The molecule has 1 fully saturated rings. The van der Waals surface area contributed by atoms with Crippen LogP contribution < -0.4 is 10.1 Å². The molecule has 0 spiro atoms. The minimum Gasteiger partial charge on any atom is -0.476 e. The molecule has 8 nitrogen and oxygen atoms in total. The van der Waals surface area contributed by atoms with Gasteiger partial charge in [-0.1, -0.05) is 11.6 Å². The number of hydrogen-bond donors (Lipinski definition) is 1. The van der Waals surface area contributed by atoms with Crippen molar-refractivity contribution < 1.29 is 4.74 Å². The van der Waals surface area contributed by atoms with Crippen LogP contribution >= 0.6 is 11.6 Å². The summed E-state index contributed by atoms with van der Waals surface area (Å²) in [5.74, 6) is 1.26. The average Bonchev–Trinajstić information content (AvgIpc) is 3.13. The fraction of sp³-hybridized carbons (Fsp3) is 0.556. The first kappa shape index (κ1) is 19.4. The van der Waals surface area contributed by atoms with E-state index >= 15 is 0 Å². The summed E-state index contributed by atoms with van der Waals surface area (Å²) in [5, 5.41) is 7.69. The maximum absolute atomic E-state index is 7.25. The Labute approximate surface area is 164 Å². The summed E-state index contributed by atoms with van der Waals surface area (Å²) in [6.45, 7) is 13.6. The van der Waals surface area contributed by atoms with Gasteiger partial charge in [0.15, 0.2) is 0 Å². The first-order valence-corrected chi connectivity index (χ1v) is 9.30. The molecule has 0 unspecified atom stereocenters. The molecule has 3 rings (SSSR count). The van der Waals surface area contributed by atoms with Crippen molar-refractivity contribution in [3.05, 3.63) is 35.0 Å². The molecule has 1 saturated heterocycles. The Morgan fingerprint density at radius 3 is 2.81 bits per heavy atom. The van der Waals surface area contributed by atoms with Gasteiger partial charge in [-0.3, -0.25) is 4.85 Å². The molecule has 144 valence electrons. The first-order valence-electron chi connectivity index (χ1n) is 8.92. The van der Waals surface area contributed by atoms with Crippen molar-refractivity contribution in [1.29, 1.82) is 0 Å². The Morgan fingerprint density at radius 1 is 1.37 bits per heavy atom. The second-order valence-corrected chi connectivity index (χ2v) is 7.72. The third-order valence-electron chi connectivity index (χ3n) is 4.68. The quantitative estimate of drug-likeness (QED) is 0.763. The van der Waals surface area contributed by atoms with Crippen LogP contribution in [0.5, 0.6) is 5.88 Å². The zero-order valence-electron chi connectivity index (χ0n) is 15.8. The largest absolute Gasteiger partial charge is 0.476 e. The SMILES string of the molecule is [C-]#[N+]C(C)(C)n1cc(Nc2ncc(Cl)c(OCC3CCN(C)CC3)n2)cn1. The van der Waals surface area contributed by atoms with Crippen LogP contribution in [0.1, 0.15) is 26.7 Å². The monoisotopic (exact) mass is 389 g/mol. The zero-order chi connectivity index (χ0) is 19.4. The van der Waals surface area contributed by atoms with Gasteiger partial charge in [0.2, 0.25) is 11.8 Å². The predicted octanol–water partition coefficient (Wildman–Crippen LogP) is 3.40. The second-order valence-electron chi connectivity index (χ2n) is 7.31. The standard InChI is InChI=1S/C18H24ClN7O/c1-18(2,20-3)26-11-14(9-22-26)23-17-21-10-15(19)16(24-17)27-12-13-5-7-25(4)8-6-13/h9-11,13H,5-8,12H2,1-2,4H3,(H,21,23,24). The number of aromatic nitrogens is 4. The average molecular weight is 390 g/mol. The molecule has 0 amide bonds. The molecule has 27 heavy (non-hydrogen) atoms. The summed E-state index contributed by atoms with van der Waals surface area (Å²) in [7, 11) is 2.14. The lowest BCUT2D eigenvalue weighted by Gasteiger charge is -2.28. The minimum atomic E-state index is -0.747. The highest BCUT2D eigenvalue weighted by Gasteiger charge is 2.26. The molecule has 0 bridgehead atoms. The van der Waals surface area contributed by atoms with Crippen LogP contribution in [0.3, 0.4) is 0 Å². The van der Waals surface area contributed by atoms with Gasteiger partial charge in [0.25, 0.3) is 0 Å². The Balaban J connectivity index is 1.64. The van der Waals surface area contributed by atoms with Crippen molar-refractivity contribution in [1.82, 2.24) is 24.6 Å². The van der Waals surface area contributed by atoms with Crippen LogP contribution in [0.2, 0.25) is 5.02 Å². The van der Waals surface area contributed by atoms with Gasteiger partial charge in [0, 0.05) is 13.8 Å². The number of hydrogen-bond acceptors (Lipinski definition) is 6. The van der Waals surface area contributed by atoms with Gasteiger partial charge < -0.3 is 15.0 Å². The third kappa shape index (κ3) is 4.87. The molecule has 0 aliphatic carbocycles. The summed E-state index contributed by atoms with van der Waals surface area (Å²) < 4.78 is 7.46. The van der Waals surface area contributed by atoms with E-state index in [1.165, 1.54) is 6.20 Å². The van der Waals surface area contributed by atoms with E-state index in [9.17, 15) is 0 Å². The van der Waals surface area contributed by atoms with Gasteiger partial charge in [-0.05, 0) is 38.9 Å². The number of halogens is 1. The summed E-state index contributed by atoms with van der Waals surface area (Å²) in [6.07, 6.45) is 7.12. The maximum atomic E-state index is 7.25. The van der Waals surface area contributed by atoms with Crippen molar-refractivity contribution in [3.63, 3.8) is 0 Å². The molecular formula is C18H24ClN7O. The number of nitrogens with zero attached hydrogens (tertiary/aromatic N) is 6. The van der Waals surface area contributed by atoms with E-state index in [0.717, 1.165) is 25.9 Å². The Bertz CT molecular complexity index is 821. The van der Waals surface area contributed by atoms with Crippen LogP contribution in [-0.4, -0.2) is 51.4 Å². The maximum Gasteiger partial charge on any atom is 0.319 e. The normalized spacial score (nSPS) is 16.1. The van der Waals surface area contributed by atoms with Gasteiger partial charge in [-0.15, -0.1) is 0 Å². The fourth-order valence-electron chi connectivity index (χ4n) is 2.81. The molecule has 0 aromatic carbocycles. The summed E-state index contributed by atoms with van der Waals surface area (Å²) >= 11 is 6.19. The van der Waals surface area contributed by atoms with Crippen molar-refractivity contribution in [2.75, 3.05) is 32.1 Å². The lowest BCUT2D eigenvalue weighted by molar-refractivity contribution is 0.157. The number of anilines is 2. The molecule has 3 heterocycles. The molecule has 1 aliphatic rings. The number of nitrogens with one attached hydrogen (secondary N) is 1. The van der Waals surface area contributed by atoms with Crippen molar-refractivity contribution in [3.8, 4) is 5.88 Å². The van der Waals surface area contributed by atoms with Crippen LogP contribution in [-0.2, 0) is 5.66 Å². The van der Waals surface area contributed by atoms with E-state index in [2.05, 4.69) is 37.2 Å². The Kier molecular flexibility index (Phi) is 5.82. The highest BCUT2D eigenvalue weighted by molar-refractivity contribution is 6.31. The van der Waals surface area contributed by atoms with Crippen LogP contribution in [0.4, 0.5) is 11.6 Å². The van der Waals surface area contributed by atoms with Crippen LogP contribution in [0, 0.1) is 12.5 Å². The molecule has 0 saturated carbocycles. The lowest BCUT2D eigenvalue weighted by Crippen LogP contribution is -2.32. The topological polar surface area (TPSA) is 72.5 Å². The summed E-state index contributed by atoms with van der Waals surface area (Å²) in [6, 6.07) is 0. The van der Waals surface area contributed by atoms with Gasteiger partial charge in [-0.2, -0.15) is 14.8 Å². The molecular weight excluding hydrogens is 366 g/mol. The Morgan fingerprint density at radius 2 is 2.11 bits per heavy atom. The van der Waals surface area contributed by atoms with Gasteiger partial charge in [0.1, 0.15) is 5.02 Å². The van der Waals surface area contributed by atoms with Gasteiger partial charge >= 0.3 is 5.66 Å². The van der Waals surface area contributed by atoms with E-state index < -0.39 is 5.66 Å². The van der Waals surface area contributed by atoms with Crippen LogP contribution in [0.15, 0.2) is 18.6 Å². The molecule has 1 aliphatic heterocycles. The van der Waals surface area contributed by atoms with Gasteiger partial charge in [0.05, 0.1) is 30.9 Å². The molecule has 0 atom stereocenters. The lowest BCUT2D eigenvalue weighted by atomic mass is 9.98. The van der Waals surface area contributed by atoms with E-state index in [1.54, 1.807) is 30.9 Å². The molecule has 9 heteroatoms. The number of piperidine rings is 1. The second kappa shape index (κ2) is 8.11. The summed E-state index contributed by atoms with van der Waals surface area (Å²) in [4.78, 5) is 14.5. The number of rotatable bonds is 6. The van der Waals surface area contributed by atoms with Crippen molar-refractivity contribution in [2.45, 2.75) is 32.4 Å². The highest BCUT2D eigenvalue weighted by atomic mass is 35.5. The van der Waals surface area contributed by atoms with E-state index in [0.29, 0.717) is 35.1 Å². The fourth-order valence-corrected chi connectivity index (χ4v) is 2.95. The number of ether oxygens (including phenoxy) is 1. The van der Waals surface area contributed by atoms with Gasteiger partial charge in [-0.25, -0.2) is 11.6 Å². The Hall–Kier alpha value is -2.37. The first-order chi connectivity index (χ1) is 12.9.